The van der Waals surface area contributed by atoms with Gasteiger partial charge in [0, 0.05) is 31.4 Å². The summed E-state index contributed by atoms with van der Waals surface area (Å²) in [4.78, 5) is 26.6. The molecule has 2 N–H and O–H groups in total. The summed E-state index contributed by atoms with van der Waals surface area (Å²) in [5, 5.41) is 2.64. The fourth-order valence-corrected chi connectivity index (χ4v) is 4.84. The molecule has 1 aliphatic heterocycles. The minimum Gasteiger partial charge on any atom is -0.359 e. The molecule has 2 aromatic rings. The number of carbonyl (C=O) groups is 2. The molecule has 1 saturated heterocycles. The van der Waals surface area contributed by atoms with Gasteiger partial charge in [-0.1, -0.05) is 25.5 Å². The monoisotopic (exact) mass is 443 g/mol. The lowest BCUT2D eigenvalue weighted by Gasteiger charge is -2.31. The van der Waals surface area contributed by atoms with Gasteiger partial charge in [-0.2, -0.15) is 0 Å². The Morgan fingerprint density at radius 2 is 1.74 bits per heavy atom. The third kappa shape index (κ3) is 5.64. The number of anilines is 1. The number of likely N-dealkylation sites (tertiary alicyclic amines) is 1. The van der Waals surface area contributed by atoms with Crippen molar-refractivity contribution in [2.45, 2.75) is 37.5 Å². The standard InChI is InChI=1S/C23H29N3O4S/c1-3-5-17-7-13-21(14-8-17)31(29,30)25-20-11-9-18(10-12-20)23(28)26-15-4-6-19(16-26)22(27)24-2/h7-14,19,25H,3-6,15-16H2,1-2H3,(H,24,27). The molecule has 2 amide bonds. The molecule has 0 spiro atoms. The molecule has 31 heavy (non-hydrogen) atoms. The van der Waals surface area contributed by atoms with Crippen LogP contribution in [-0.4, -0.2) is 45.3 Å². The molecule has 0 bridgehead atoms. The van der Waals surface area contributed by atoms with Crippen molar-refractivity contribution in [2.75, 3.05) is 24.9 Å². The Kier molecular flexibility index (Phi) is 7.33. The molecule has 1 atom stereocenters. The van der Waals surface area contributed by atoms with Gasteiger partial charge in [-0.3, -0.25) is 14.3 Å². The number of hydrogen-bond donors (Lipinski definition) is 2. The van der Waals surface area contributed by atoms with Gasteiger partial charge < -0.3 is 10.2 Å². The minimum absolute atomic E-state index is 0.0509. The van der Waals surface area contributed by atoms with Crippen LogP contribution in [0.4, 0.5) is 5.69 Å². The van der Waals surface area contributed by atoms with E-state index in [1.54, 1.807) is 48.3 Å². The highest BCUT2D eigenvalue weighted by molar-refractivity contribution is 7.92. The highest BCUT2D eigenvalue weighted by Gasteiger charge is 2.28. The van der Waals surface area contributed by atoms with Gasteiger partial charge in [0.05, 0.1) is 10.8 Å². The zero-order valence-electron chi connectivity index (χ0n) is 17.9. The van der Waals surface area contributed by atoms with E-state index in [4.69, 9.17) is 0 Å². The molecular formula is C23H29N3O4S. The number of piperidine rings is 1. The fraction of sp³-hybridized carbons (Fsp3) is 0.391. The topological polar surface area (TPSA) is 95.6 Å². The van der Waals surface area contributed by atoms with Crippen molar-refractivity contribution in [3.63, 3.8) is 0 Å². The van der Waals surface area contributed by atoms with E-state index in [0.29, 0.717) is 24.3 Å². The van der Waals surface area contributed by atoms with Crippen molar-refractivity contribution in [1.29, 1.82) is 0 Å². The average Bonchev–Trinajstić information content (AvgIpc) is 2.79. The van der Waals surface area contributed by atoms with Crippen LogP contribution in [0.3, 0.4) is 0 Å². The van der Waals surface area contributed by atoms with E-state index < -0.39 is 10.0 Å². The lowest BCUT2D eigenvalue weighted by atomic mass is 9.96. The van der Waals surface area contributed by atoms with Gasteiger partial charge in [0.1, 0.15) is 0 Å². The highest BCUT2D eigenvalue weighted by atomic mass is 32.2. The van der Waals surface area contributed by atoms with Crippen LogP contribution >= 0.6 is 0 Å². The molecular weight excluding hydrogens is 414 g/mol. The fourth-order valence-electron chi connectivity index (χ4n) is 3.78. The summed E-state index contributed by atoms with van der Waals surface area (Å²) in [6.07, 6.45) is 3.45. The van der Waals surface area contributed by atoms with E-state index in [0.717, 1.165) is 31.2 Å². The zero-order valence-corrected chi connectivity index (χ0v) is 18.7. The SMILES string of the molecule is CCCc1ccc(S(=O)(=O)Nc2ccc(C(=O)N3CCCC(C(=O)NC)C3)cc2)cc1. The summed E-state index contributed by atoms with van der Waals surface area (Å²) in [5.74, 6) is -0.406. The minimum atomic E-state index is -3.71. The van der Waals surface area contributed by atoms with Crippen molar-refractivity contribution in [3.8, 4) is 0 Å². The molecule has 1 fully saturated rings. The molecule has 8 heteroatoms. The summed E-state index contributed by atoms with van der Waals surface area (Å²) in [6.45, 7) is 3.07. The maximum absolute atomic E-state index is 12.8. The van der Waals surface area contributed by atoms with E-state index in [1.807, 2.05) is 12.1 Å². The number of hydrogen-bond acceptors (Lipinski definition) is 4. The van der Waals surface area contributed by atoms with Crippen LogP contribution in [0, 0.1) is 5.92 Å². The van der Waals surface area contributed by atoms with Gasteiger partial charge >= 0.3 is 0 Å². The van der Waals surface area contributed by atoms with Crippen molar-refractivity contribution in [3.05, 3.63) is 59.7 Å². The van der Waals surface area contributed by atoms with Crippen LogP contribution in [0.25, 0.3) is 0 Å². The Morgan fingerprint density at radius 3 is 2.35 bits per heavy atom. The predicted molar refractivity (Wildman–Crippen MR) is 120 cm³/mol. The van der Waals surface area contributed by atoms with E-state index in [1.165, 1.54) is 0 Å². The number of nitrogens with zero attached hydrogens (tertiary/aromatic N) is 1. The quantitative estimate of drug-likeness (QED) is 0.688. The molecule has 1 heterocycles. The average molecular weight is 444 g/mol. The number of benzene rings is 2. The smallest absolute Gasteiger partial charge is 0.261 e. The van der Waals surface area contributed by atoms with Crippen LogP contribution in [0.15, 0.2) is 53.4 Å². The lowest BCUT2D eigenvalue weighted by Crippen LogP contribution is -2.44. The number of carbonyl (C=O) groups excluding carboxylic acids is 2. The first kappa shape index (κ1) is 22.8. The summed E-state index contributed by atoms with van der Waals surface area (Å²) in [6, 6.07) is 13.2. The molecule has 166 valence electrons. The zero-order chi connectivity index (χ0) is 22.4. The van der Waals surface area contributed by atoms with Crippen LogP contribution in [0.5, 0.6) is 0 Å². The van der Waals surface area contributed by atoms with E-state index in [9.17, 15) is 18.0 Å². The maximum Gasteiger partial charge on any atom is 0.261 e. The Bertz CT molecular complexity index is 1020. The molecule has 7 nitrogen and oxygen atoms in total. The van der Waals surface area contributed by atoms with Gasteiger partial charge in [-0.05, 0) is 61.2 Å². The number of sulfonamides is 1. The van der Waals surface area contributed by atoms with E-state index in [2.05, 4.69) is 17.0 Å². The second kappa shape index (κ2) is 9.96. The third-order valence-electron chi connectivity index (χ3n) is 5.48. The Labute approximate surface area is 183 Å². The van der Waals surface area contributed by atoms with Crippen molar-refractivity contribution in [2.24, 2.45) is 5.92 Å². The van der Waals surface area contributed by atoms with Gasteiger partial charge in [-0.25, -0.2) is 8.42 Å². The van der Waals surface area contributed by atoms with E-state index in [-0.39, 0.29) is 22.6 Å². The number of rotatable bonds is 7. The highest BCUT2D eigenvalue weighted by Crippen LogP contribution is 2.21. The molecule has 2 aromatic carbocycles. The molecule has 1 unspecified atom stereocenters. The van der Waals surface area contributed by atoms with Gasteiger partial charge in [0.2, 0.25) is 5.91 Å². The Balaban J connectivity index is 1.66. The van der Waals surface area contributed by atoms with Crippen molar-refractivity contribution < 1.29 is 18.0 Å². The third-order valence-corrected chi connectivity index (χ3v) is 6.88. The maximum atomic E-state index is 12.8. The second-order valence-electron chi connectivity index (χ2n) is 7.78. The lowest BCUT2D eigenvalue weighted by molar-refractivity contribution is -0.125. The van der Waals surface area contributed by atoms with Crippen molar-refractivity contribution >= 4 is 27.5 Å². The number of nitrogens with one attached hydrogen (secondary N) is 2. The van der Waals surface area contributed by atoms with Gasteiger partial charge in [0.15, 0.2) is 0 Å². The summed E-state index contributed by atoms with van der Waals surface area (Å²) >= 11 is 0. The summed E-state index contributed by atoms with van der Waals surface area (Å²) < 4.78 is 27.8. The van der Waals surface area contributed by atoms with Crippen LogP contribution < -0.4 is 10.0 Å². The largest absolute Gasteiger partial charge is 0.359 e. The first-order valence-corrected chi connectivity index (χ1v) is 12.0. The molecule has 0 saturated carbocycles. The van der Waals surface area contributed by atoms with Crippen molar-refractivity contribution in [1.82, 2.24) is 10.2 Å². The Hall–Kier alpha value is -2.87. The van der Waals surface area contributed by atoms with Crippen LogP contribution in [0.2, 0.25) is 0 Å². The molecule has 0 aliphatic carbocycles. The molecule has 1 aliphatic rings. The van der Waals surface area contributed by atoms with Crippen LogP contribution in [-0.2, 0) is 21.2 Å². The molecule has 3 rings (SSSR count). The predicted octanol–water partition coefficient (Wildman–Crippen LogP) is 3.04. The first-order valence-electron chi connectivity index (χ1n) is 10.6. The Morgan fingerprint density at radius 1 is 1.06 bits per heavy atom. The van der Waals surface area contributed by atoms with E-state index >= 15 is 0 Å². The first-order chi connectivity index (χ1) is 14.8. The summed E-state index contributed by atoms with van der Waals surface area (Å²) in [5.41, 5.74) is 1.95. The second-order valence-corrected chi connectivity index (χ2v) is 9.46. The number of amides is 2. The molecule has 0 radical (unpaired) electrons. The summed E-state index contributed by atoms with van der Waals surface area (Å²) in [7, 11) is -2.11. The normalized spacial score (nSPS) is 16.6. The van der Waals surface area contributed by atoms with Gasteiger partial charge in [-0.15, -0.1) is 0 Å². The van der Waals surface area contributed by atoms with Crippen LogP contribution in [0.1, 0.15) is 42.1 Å². The molecule has 0 aromatic heterocycles. The van der Waals surface area contributed by atoms with Gasteiger partial charge in [0.25, 0.3) is 15.9 Å². The number of aryl methyl sites for hydroxylation is 1.